The van der Waals surface area contributed by atoms with E-state index in [1.807, 2.05) is 30.3 Å². The van der Waals surface area contributed by atoms with E-state index in [0.717, 1.165) is 29.8 Å². The van der Waals surface area contributed by atoms with Gasteiger partial charge in [-0.1, -0.05) is 43.2 Å². The van der Waals surface area contributed by atoms with Crippen LogP contribution in [-0.2, 0) is 9.59 Å². The molecule has 0 saturated carbocycles. The van der Waals surface area contributed by atoms with Gasteiger partial charge >= 0.3 is 0 Å². The van der Waals surface area contributed by atoms with Crippen molar-refractivity contribution in [1.82, 2.24) is 15.6 Å². The number of nitrogens with one attached hydrogen (secondary N) is 2. The van der Waals surface area contributed by atoms with Crippen LogP contribution in [0.25, 0.3) is 10.6 Å². The van der Waals surface area contributed by atoms with Crippen LogP contribution in [0.1, 0.15) is 42.6 Å². The molecular weight excluding hydrogens is 350 g/mol. The second-order valence-electron chi connectivity index (χ2n) is 5.83. The molecule has 6 nitrogen and oxygen atoms in total. The number of benzene rings is 1. The number of carbonyl (C=O) groups excluding carboxylic acids is 3. The summed E-state index contributed by atoms with van der Waals surface area (Å²) in [4.78, 5) is 38.9. The van der Waals surface area contributed by atoms with E-state index < -0.39 is 5.91 Å². The van der Waals surface area contributed by atoms with E-state index in [-0.39, 0.29) is 18.1 Å². The number of hydrogen-bond donors (Lipinski definition) is 2. The van der Waals surface area contributed by atoms with E-state index in [9.17, 15) is 14.4 Å². The van der Waals surface area contributed by atoms with Crippen LogP contribution >= 0.6 is 11.3 Å². The summed E-state index contributed by atoms with van der Waals surface area (Å²) in [6, 6.07) is 9.77. The number of amides is 2. The lowest BCUT2D eigenvalue weighted by Crippen LogP contribution is -2.27. The molecule has 0 radical (unpaired) electrons. The molecule has 2 rings (SSSR count). The summed E-state index contributed by atoms with van der Waals surface area (Å²) in [6.45, 7) is 0.570. The molecule has 2 amide bonds. The molecule has 7 heteroatoms. The number of thiazole rings is 1. The zero-order valence-corrected chi connectivity index (χ0v) is 15.6. The van der Waals surface area contributed by atoms with Gasteiger partial charge in [-0.2, -0.15) is 0 Å². The summed E-state index contributed by atoms with van der Waals surface area (Å²) in [7, 11) is 1.45. The third-order valence-electron chi connectivity index (χ3n) is 3.85. The lowest BCUT2D eigenvalue weighted by Gasteiger charge is -2.03. The van der Waals surface area contributed by atoms with Crippen molar-refractivity contribution in [1.29, 1.82) is 0 Å². The molecular formula is C19H23N3O3S. The predicted octanol–water partition coefficient (Wildman–Crippen LogP) is 2.81. The van der Waals surface area contributed by atoms with Crippen LogP contribution in [0.3, 0.4) is 0 Å². The van der Waals surface area contributed by atoms with E-state index >= 15 is 0 Å². The molecule has 138 valence electrons. The molecule has 0 aliphatic heterocycles. The molecule has 0 aliphatic carbocycles. The van der Waals surface area contributed by atoms with Gasteiger partial charge in [-0.15, -0.1) is 11.3 Å². The van der Waals surface area contributed by atoms with Crippen LogP contribution in [0.2, 0.25) is 0 Å². The van der Waals surface area contributed by atoms with Gasteiger partial charge in [-0.05, 0) is 12.8 Å². The van der Waals surface area contributed by atoms with Crippen molar-refractivity contribution in [2.24, 2.45) is 0 Å². The van der Waals surface area contributed by atoms with Gasteiger partial charge in [-0.3, -0.25) is 14.4 Å². The summed E-state index contributed by atoms with van der Waals surface area (Å²) in [5.74, 6) is -1.08. The highest BCUT2D eigenvalue weighted by atomic mass is 32.1. The average Bonchev–Trinajstić information content (AvgIpc) is 3.17. The maximum Gasteiger partial charge on any atom is 0.287 e. The quantitative estimate of drug-likeness (QED) is 0.495. The van der Waals surface area contributed by atoms with E-state index in [2.05, 4.69) is 15.6 Å². The zero-order chi connectivity index (χ0) is 18.8. The summed E-state index contributed by atoms with van der Waals surface area (Å²) in [6.07, 6.45) is 3.54. The first-order chi connectivity index (χ1) is 12.6. The van der Waals surface area contributed by atoms with Crippen molar-refractivity contribution in [3.8, 4) is 10.6 Å². The molecule has 0 aliphatic rings. The molecule has 0 saturated heterocycles. The van der Waals surface area contributed by atoms with E-state index in [0.29, 0.717) is 18.7 Å². The zero-order valence-electron chi connectivity index (χ0n) is 14.8. The maximum atomic E-state index is 12.1. The summed E-state index contributed by atoms with van der Waals surface area (Å²) in [5.41, 5.74) is 1.44. The highest BCUT2D eigenvalue weighted by molar-refractivity contribution is 7.13. The van der Waals surface area contributed by atoms with Gasteiger partial charge in [0.05, 0.1) is 0 Å². The van der Waals surface area contributed by atoms with Crippen molar-refractivity contribution in [2.75, 3.05) is 13.6 Å². The fraction of sp³-hybridized carbons (Fsp3) is 0.368. The fourth-order valence-corrected chi connectivity index (χ4v) is 3.21. The minimum absolute atomic E-state index is 0.168. The minimum atomic E-state index is -0.532. The molecule has 0 spiro atoms. The Kier molecular flexibility index (Phi) is 7.95. The van der Waals surface area contributed by atoms with E-state index in [4.69, 9.17) is 0 Å². The molecule has 1 aromatic carbocycles. The Labute approximate surface area is 157 Å². The Balaban J connectivity index is 1.63. The van der Waals surface area contributed by atoms with Crippen LogP contribution < -0.4 is 10.6 Å². The van der Waals surface area contributed by atoms with Crippen LogP contribution in [0, 0.1) is 0 Å². The molecule has 0 atom stereocenters. The van der Waals surface area contributed by atoms with Gasteiger partial charge in [0.1, 0.15) is 10.7 Å². The van der Waals surface area contributed by atoms with Gasteiger partial charge in [0, 0.05) is 31.0 Å². The van der Waals surface area contributed by atoms with Crippen molar-refractivity contribution < 1.29 is 14.4 Å². The molecule has 0 fully saturated rings. The predicted molar refractivity (Wildman–Crippen MR) is 102 cm³/mol. The van der Waals surface area contributed by atoms with Gasteiger partial charge in [-0.25, -0.2) is 4.98 Å². The number of carbonyl (C=O) groups is 3. The minimum Gasteiger partial charge on any atom is -0.353 e. The Morgan fingerprint density at radius 1 is 1.04 bits per heavy atom. The highest BCUT2D eigenvalue weighted by Crippen LogP contribution is 2.23. The number of likely N-dealkylation sites (N-methyl/N-ethyl adjacent to an activating group) is 1. The van der Waals surface area contributed by atoms with Crippen molar-refractivity contribution >= 4 is 28.9 Å². The van der Waals surface area contributed by atoms with E-state index in [1.54, 1.807) is 5.38 Å². The lowest BCUT2D eigenvalue weighted by molar-refractivity contribution is -0.137. The van der Waals surface area contributed by atoms with Crippen LogP contribution in [0.4, 0.5) is 0 Å². The van der Waals surface area contributed by atoms with Crippen LogP contribution in [-0.4, -0.2) is 36.2 Å². The summed E-state index contributed by atoms with van der Waals surface area (Å²) < 4.78 is 0. The SMILES string of the molecule is CNC(=O)C(=O)CCCCCCNC(=O)c1csc(-c2ccccc2)n1. The first-order valence-electron chi connectivity index (χ1n) is 8.66. The molecule has 0 unspecified atom stereocenters. The lowest BCUT2D eigenvalue weighted by atomic mass is 10.1. The molecule has 1 heterocycles. The Morgan fingerprint density at radius 3 is 2.50 bits per heavy atom. The second-order valence-corrected chi connectivity index (χ2v) is 6.68. The highest BCUT2D eigenvalue weighted by Gasteiger charge is 2.12. The van der Waals surface area contributed by atoms with Gasteiger partial charge in [0.2, 0.25) is 5.78 Å². The molecule has 2 aromatic rings. The standard InChI is InChI=1S/C19H23N3O3S/c1-20-18(25)16(23)11-7-2-3-8-12-21-17(24)15-13-26-19(22-15)14-9-5-4-6-10-14/h4-6,9-10,13H,2-3,7-8,11-12H2,1H3,(H,20,25)(H,21,24). The fourth-order valence-electron chi connectivity index (χ4n) is 2.40. The third kappa shape index (κ3) is 6.07. The number of unbranched alkanes of at least 4 members (excludes halogenated alkanes) is 3. The molecule has 0 bridgehead atoms. The molecule has 26 heavy (non-hydrogen) atoms. The maximum absolute atomic E-state index is 12.1. The summed E-state index contributed by atoms with van der Waals surface area (Å²) >= 11 is 1.45. The van der Waals surface area contributed by atoms with Crippen molar-refractivity contribution in [3.63, 3.8) is 0 Å². The monoisotopic (exact) mass is 373 g/mol. The molecule has 1 aromatic heterocycles. The van der Waals surface area contributed by atoms with E-state index in [1.165, 1.54) is 18.4 Å². The Bertz CT molecular complexity index is 743. The second kappa shape index (κ2) is 10.5. The largest absolute Gasteiger partial charge is 0.353 e. The number of nitrogens with zero attached hydrogens (tertiary/aromatic N) is 1. The number of hydrogen-bond acceptors (Lipinski definition) is 5. The Hall–Kier alpha value is -2.54. The van der Waals surface area contributed by atoms with Crippen LogP contribution in [0.5, 0.6) is 0 Å². The van der Waals surface area contributed by atoms with Gasteiger partial charge < -0.3 is 10.6 Å². The first kappa shape index (κ1) is 19.8. The number of ketones is 1. The third-order valence-corrected chi connectivity index (χ3v) is 4.75. The van der Waals surface area contributed by atoms with Crippen LogP contribution in [0.15, 0.2) is 35.7 Å². The number of Topliss-reactive ketones (excluding diaryl/α,β-unsaturated/α-hetero) is 1. The number of aromatic nitrogens is 1. The van der Waals surface area contributed by atoms with Gasteiger partial charge in [0.25, 0.3) is 11.8 Å². The Morgan fingerprint density at radius 2 is 1.77 bits per heavy atom. The first-order valence-corrected chi connectivity index (χ1v) is 9.54. The number of rotatable bonds is 10. The smallest absolute Gasteiger partial charge is 0.287 e. The topological polar surface area (TPSA) is 88.2 Å². The van der Waals surface area contributed by atoms with Gasteiger partial charge in [0.15, 0.2) is 0 Å². The van der Waals surface area contributed by atoms with Crippen molar-refractivity contribution in [2.45, 2.75) is 32.1 Å². The summed E-state index contributed by atoms with van der Waals surface area (Å²) in [5, 5.41) is 7.79. The normalized spacial score (nSPS) is 10.3. The molecule has 2 N–H and O–H groups in total. The van der Waals surface area contributed by atoms with Crippen molar-refractivity contribution in [3.05, 3.63) is 41.4 Å². The average molecular weight is 373 g/mol.